The number of anilines is 3. The van der Waals surface area contributed by atoms with Crippen LogP contribution in [0.5, 0.6) is 0 Å². The molecule has 0 saturated carbocycles. The van der Waals surface area contributed by atoms with Crippen LogP contribution in [0.25, 0.3) is 55.3 Å². The van der Waals surface area contributed by atoms with Gasteiger partial charge in [0.15, 0.2) is 0 Å². The molecular weight excluding hydrogens is 879 g/mol. The van der Waals surface area contributed by atoms with E-state index in [4.69, 9.17) is 0 Å². The molecule has 0 amide bonds. The lowest BCUT2D eigenvalue weighted by Crippen LogP contribution is -2.28. The first-order valence-electron chi connectivity index (χ1n) is 25.4. The molecule has 2 aliphatic rings. The summed E-state index contributed by atoms with van der Waals surface area (Å²) in [5.74, 6) is 0. The van der Waals surface area contributed by atoms with Gasteiger partial charge in [-0.2, -0.15) is 0 Å². The van der Waals surface area contributed by atoms with Crippen LogP contribution >= 0.6 is 0 Å². The predicted molar refractivity (Wildman–Crippen MR) is 304 cm³/mol. The van der Waals surface area contributed by atoms with Crippen LogP contribution in [-0.4, -0.2) is 0 Å². The maximum absolute atomic E-state index is 2.48. The van der Waals surface area contributed by atoms with Gasteiger partial charge in [0, 0.05) is 16.9 Å². The van der Waals surface area contributed by atoms with Gasteiger partial charge in [0.05, 0.1) is 16.5 Å². The van der Waals surface area contributed by atoms with Crippen molar-refractivity contribution < 1.29 is 0 Å². The highest BCUT2D eigenvalue weighted by molar-refractivity contribution is 5.98. The Hall–Kier alpha value is -9.30. The summed E-state index contributed by atoms with van der Waals surface area (Å²) >= 11 is 0. The Labute approximate surface area is 427 Å². The molecule has 12 aromatic rings. The first-order chi connectivity index (χ1) is 36.2. The van der Waals surface area contributed by atoms with Crippen molar-refractivity contribution in [3.8, 4) is 44.5 Å². The third-order valence-corrected chi connectivity index (χ3v) is 15.8. The van der Waals surface area contributed by atoms with Gasteiger partial charge >= 0.3 is 0 Å². The summed E-state index contributed by atoms with van der Waals surface area (Å²) in [4.78, 5) is 2.48. The third kappa shape index (κ3) is 6.56. The van der Waals surface area contributed by atoms with E-state index < -0.39 is 10.8 Å². The van der Waals surface area contributed by atoms with Gasteiger partial charge in [-0.1, -0.05) is 255 Å². The molecule has 0 atom stereocenters. The van der Waals surface area contributed by atoms with E-state index in [1.807, 2.05) is 0 Å². The fraction of sp³-hybridized carbons (Fsp3) is 0.0278. The van der Waals surface area contributed by atoms with Gasteiger partial charge in [-0.05, 0) is 137 Å². The number of rotatable bonds is 9. The minimum Gasteiger partial charge on any atom is -0.310 e. The van der Waals surface area contributed by atoms with Crippen molar-refractivity contribution >= 4 is 27.8 Å². The van der Waals surface area contributed by atoms with Crippen LogP contribution < -0.4 is 4.90 Å². The van der Waals surface area contributed by atoms with E-state index in [9.17, 15) is 0 Å². The lowest BCUT2D eigenvalue weighted by Gasteiger charge is -2.34. The van der Waals surface area contributed by atoms with Crippen molar-refractivity contribution in [3.63, 3.8) is 0 Å². The minimum atomic E-state index is -0.526. The standard InChI is InChI=1S/C72H49N/c1-5-22-56(23-6-1)71(57-24-7-2-8-25-57)66-33-18-16-31-64(66)70-67(71)34-19-35-69(70)73(60-43-38-51(39-44-60)54-37-36-50-20-13-14-21-53(50)48-54)61-45-40-52(41-46-61)55-42-47-63-62-30-15-17-32-65(62)72(68(63)49-55,58-26-9-3-10-27-58)59-28-11-4-12-29-59/h1-49H. The normalized spacial score (nSPS) is 13.4. The Morgan fingerprint density at radius 1 is 0.233 bits per heavy atom. The Bertz CT molecular complexity index is 3910. The van der Waals surface area contributed by atoms with Crippen LogP contribution in [-0.2, 0) is 10.8 Å². The largest absolute Gasteiger partial charge is 0.310 e. The summed E-state index contributed by atoms with van der Waals surface area (Å²) in [6.07, 6.45) is 0. The quantitative estimate of drug-likeness (QED) is 0.139. The molecule has 12 aromatic carbocycles. The second-order valence-electron chi connectivity index (χ2n) is 19.5. The molecule has 1 heteroatoms. The summed E-state index contributed by atoms with van der Waals surface area (Å²) in [5, 5.41) is 2.48. The van der Waals surface area contributed by atoms with Crippen molar-refractivity contribution in [1.82, 2.24) is 0 Å². The zero-order valence-corrected chi connectivity index (χ0v) is 40.2. The van der Waals surface area contributed by atoms with Crippen LogP contribution in [0.4, 0.5) is 17.1 Å². The summed E-state index contributed by atoms with van der Waals surface area (Å²) in [6, 6.07) is 110. The molecule has 0 radical (unpaired) electrons. The molecule has 0 spiro atoms. The second kappa shape index (κ2) is 17.2. The van der Waals surface area contributed by atoms with Crippen LogP contribution in [0.15, 0.2) is 297 Å². The molecule has 0 aromatic heterocycles. The fourth-order valence-corrected chi connectivity index (χ4v) is 12.7. The average molecular weight is 928 g/mol. The van der Waals surface area contributed by atoms with Gasteiger partial charge in [-0.3, -0.25) is 0 Å². The van der Waals surface area contributed by atoms with Gasteiger partial charge in [0.25, 0.3) is 0 Å². The highest BCUT2D eigenvalue weighted by atomic mass is 15.1. The first-order valence-corrected chi connectivity index (χ1v) is 25.4. The number of fused-ring (bicyclic) bond motifs is 7. The molecule has 0 unspecified atom stereocenters. The molecule has 342 valence electrons. The van der Waals surface area contributed by atoms with Gasteiger partial charge < -0.3 is 4.90 Å². The Morgan fingerprint density at radius 3 is 1.19 bits per heavy atom. The van der Waals surface area contributed by atoms with Crippen LogP contribution in [0.2, 0.25) is 0 Å². The maximum Gasteiger partial charge on any atom is 0.0714 e. The number of benzene rings is 12. The van der Waals surface area contributed by atoms with E-state index in [-0.39, 0.29) is 0 Å². The number of nitrogens with zero attached hydrogens (tertiary/aromatic N) is 1. The van der Waals surface area contributed by atoms with Crippen molar-refractivity contribution in [3.05, 3.63) is 342 Å². The summed E-state index contributed by atoms with van der Waals surface area (Å²) in [6.45, 7) is 0. The van der Waals surface area contributed by atoms with Gasteiger partial charge in [-0.15, -0.1) is 0 Å². The SMILES string of the molecule is c1ccc(C2(c3ccccc3)c3ccccc3-c3ccc(-c4ccc(N(c5ccc(-c6ccc7ccccc7c6)cc5)c5cccc6c5-c5ccccc5C6(c5ccccc5)c5ccccc5)cc4)cc32)cc1. The minimum absolute atomic E-state index is 0.473. The van der Waals surface area contributed by atoms with Crippen molar-refractivity contribution in [2.24, 2.45) is 0 Å². The smallest absolute Gasteiger partial charge is 0.0714 e. The second-order valence-corrected chi connectivity index (χ2v) is 19.5. The molecule has 14 rings (SSSR count). The summed E-state index contributed by atoms with van der Waals surface area (Å²) in [7, 11) is 0. The first kappa shape index (κ1) is 42.6. The van der Waals surface area contributed by atoms with E-state index in [1.54, 1.807) is 0 Å². The lowest BCUT2D eigenvalue weighted by molar-refractivity contribution is 0.768. The van der Waals surface area contributed by atoms with Gasteiger partial charge in [0.2, 0.25) is 0 Å². The topological polar surface area (TPSA) is 3.24 Å². The number of hydrogen-bond donors (Lipinski definition) is 0. The van der Waals surface area contributed by atoms with E-state index in [0.717, 1.165) is 17.1 Å². The van der Waals surface area contributed by atoms with Crippen LogP contribution in [0, 0.1) is 0 Å². The average Bonchev–Trinajstić information content (AvgIpc) is 3.95. The highest BCUT2D eigenvalue weighted by Gasteiger charge is 2.48. The van der Waals surface area contributed by atoms with E-state index in [1.165, 1.54) is 99.8 Å². The fourth-order valence-electron chi connectivity index (χ4n) is 12.7. The zero-order chi connectivity index (χ0) is 48.3. The predicted octanol–water partition coefficient (Wildman–Crippen LogP) is 18.4. The Balaban J connectivity index is 0.946. The molecular formula is C72H49N. The van der Waals surface area contributed by atoms with Gasteiger partial charge in [0.1, 0.15) is 0 Å². The molecule has 0 aliphatic heterocycles. The zero-order valence-electron chi connectivity index (χ0n) is 40.2. The third-order valence-electron chi connectivity index (χ3n) is 15.8. The van der Waals surface area contributed by atoms with Crippen LogP contribution in [0.1, 0.15) is 44.5 Å². The Morgan fingerprint density at radius 2 is 0.630 bits per heavy atom. The molecule has 0 heterocycles. The molecule has 73 heavy (non-hydrogen) atoms. The lowest BCUT2D eigenvalue weighted by atomic mass is 9.67. The molecule has 0 N–H and O–H groups in total. The molecule has 1 nitrogen and oxygen atoms in total. The van der Waals surface area contributed by atoms with E-state index in [2.05, 4.69) is 302 Å². The van der Waals surface area contributed by atoms with Crippen molar-refractivity contribution in [2.75, 3.05) is 4.90 Å². The van der Waals surface area contributed by atoms with Gasteiger partial charge in [-0.25, -0.2) is 0 Å². The number of hydrogen-bond acceptors (Lipinski definition) is 1. The molecule has 0 bridgehead atoms. The Kier molecular flexibility index (Phi) is 10.0. The summed E-state index contributed by atoms with van der Waals surface area (Å²) in [5.41, 5.74) is 22.3. The van der Waals surface area contributed by atoms with E-state index in [0.29, 0.717) is 0 Å². The van der Waals surface area contributed by atoms with Crippen LogP contribution in [0.3, 0.4) is 0 Å². The molecule has 0 fully saturated rings. The maximum atomic E-state index is 2.48. The van der Waals surface area contributed by atoms with Crippen molar-refractivity contribution in [1.29, 1.82) is 0 Å². The van der Waals surface area contributed by atoms with E-state index >= 15 is 0 Å². The molecule has 2 aliphatic carbocycles. The van der Waals surface area contributed by atoms with Crippen molar-refractivity contribution in [2.45, 2.75) is 10.8 Å². The monoisotopic (exact) mass is 927 g/mol. The molecule has 0 saturated heterocycles. The summed E-state index contributed by atoms with van der Waals surface area (Å²) < 4.78 is 0. The highest BCUT2D eigenvalue weighted by Crippen LogP contribution is 2.60.